The first-order valence-corrected chi connectivity index (χ1v) is 12.8. The van der Waals surface area contributed by atoms with Crippen LogP contribution in [0.5, 0.6) is 0 Å². The van der Waals surface area contributed by atoms with Crippen molar-refractivity contribution in [1.82, 2.24) is 24.9 Å². The van der Waals surface area contributed by atoms with Crippen molar-refractivity contribution in [3.63, 3.8) is 0 Å². The first-order valence-electron chi connectivity index (χ1n) is 12.8. The van der Waals surface area contributed by atoms with Gasteiger partial charge in [-0.2, -0.15) is 9.97 Å². The Balaban J connectivity index is 1.29. The molecule has 2 saturated heterocycles. The fourth-order valence-electron chi connectivity index (χ4n) is 7.30. The highest BCUT2D eigenvalue weighted by molar-refractivity contribution is 5.96. The third kappa shape index (κ3) is 2.62. The van der Waals surface area contributed by atoms with E-state index in [1.54, 1.807) is 0 Å². The number of nitrogens with one attached hydrogen (secondary N) is 2. The summed E-state index contributed by atoms with van der Waals surface area (Å²) < 4.78 is 5.72. The zero-order valence-corrected chi connectivity index (χ0v) is 19.7. The van der Waals surface area contributed by atoms with Crippen LogP contribution in [0.1, 0.15) is 32.6 Å². The minimum Gasteiger partial charge on any atom is -0.393 e. The van der Waals surface area contributed by atoms with E-state index in [9.17, 15) is 5.11 Å². The van der Waals surface area contributed by atoms with Gasteiger partial charge in [-0.3, -0.25) is 0 Å². The maximum atomic E-state index is 10.4. The number of aliphatic hydroxyl groups is 1. The van der Waals surface area contributed by atoms with Crippen LogP contribution in [0.2, 0.25) is 0 Å². The highest BCUT2D eigenvalue weighted by atomic mass is 16.5. The smallest absolute Gasteiger partial charge is 0.230 e. The predicted octanol–water partition coefficient (Wildman–Crippen LogP) is 3.22. The molecule has 9 heteroatoms. The van der Waals surface area contributed by atoms with E-state index in [2.05, 4.69) is 44.9 Å². The van der Waals surface area contributed by atoms with Crippen LogP contribution in [0.3, 0.4) is 0 Å². The van der Waals surface area contributed by atoms with Gasteiger partial charge in [0.15, 0.2) is 11.5 Å². The van der Waals surface area contributed by atoms with Crippen LogP contribution in [0.25, 0.3) is 33.5 Å². The standard InChI is InChI=1S/C26H29N7O2/c1-14-13-35-10-9-32(14)24-21-23(29-22(28-21)17-3-2-4-18-16(17)6-8-27-18)30-25(31-24)33-19-5-7-26(19)12-15(34)11-20(26)33/h2-4,6,8,14-15,19-20,27,34H,5,7,9-13H2,1H3,(H,28,29,30,31). The number of hydrogen-bond acceptors (Lipinski definition) is 7. The van der Waals surface area contributed by atoms with Crippen LogP contribution < -0.4 is 9.80 Å². The molecule has 5 unspecified atom stereocenters. The first-order chi connectivity index (χ1) is 17.1. The number of nitrogens with zero attached hydrogens (tertiary/aromatic N) is 5. The Morgan fingerprint density at radius 1 is 1.17 bits per heavy atom. The molecule has 1 aromatic carbocycles. The number of aromatic amines is 2. The van der Waals surface area contributed by atoms with E-state index < -0.39 is 0 Å². The number of ether oxygens (including phenoxy) is 1. The molecule has 1 spiro atoms. The lowest BCUT2D eigenvalue weighted by Gasteiger charge is -2.68. The molecule has 4 aromatic rings. The maximum absolute atomic E-state index is 10.4. The van der Waals surface area contributed by atoms with Crippen LogP contribution in [0.15, 0.2) is 30.5 Å². The average Bonchev–Trinajstić information content (AvgIpc) is 3.57. The summed E-state index contributed by atoms with van der Waals surface area (Å²) >= 11 is 0. The van der Waals surface area contributed by atoms with Crippen LogP contribution in [-0.2, 0) is 4.74 Å². The van der Waals surface area contributed by atoms with Gasteiger partial charge in [0.1, 0.15) is 11.3 Å². The number of morpholine rings is 1. The van der Waals surface area contributed by atoms with E-state index in [0.29, 0.717) is 30.9 Å². The molecule has 0 amide bonds. The van der Waals surface area contributed by atoms with Gasteiger partial charge in [-0.05, 0) is 44.7 Å². The summed E-state index contributed by atoms with van der Waals surface area (Å²) in [6.07, 6.45) is 5.83. The van der Waals surface area contributed by atoms with Crippen LogP contribution in [-0.4, -0.2) is 74.0 Å². The number of fused-ring (bicyclic) bond motifs is 2. The topological polar surface area (TPSA) is 106 Å². The lowest BCUT2D eigenvalue weighted by atomic mass is 9.53. The molecule has 5 atom stereocenters. The van der Waals surface area contributed by atoms with Gasteiger partial charge in [-0.15, -0.1) is 0 Å². The zero-order chi connectivity index (χ0) is 23.3. The molecule has 2 aliphatic heterocycles. The fourth-order valence-corrected chi connectivity index (χ4v) is 7.30. The highest BCUT2D eigenvalue weighted by Gasteiger charge is 2.70. The summed E-state index contributed by atoms with van der Waals surface area (Å²) in [6.45, 7) is 4.32. The molecule has 4 fully saturated rings. The predicted molar refractivity (Wildman–Crippen MR) is 134 cm³/mol. The number of H-pyrrole nitrogens is 2. The third-order valence-corrected chi connectivity index (χ3v) is 9.03. The molecule has 180 valence electrons. The van der Waals surface area contributed by atoms with Crippen LogP contribution in [0.4, 0.5) is 11.8 Å². The summed E-state index contributed by atoms with van der Waals surface area (Å²) in [6, 6.07) is 9.27. The third-order valence-electron chi connectivity index (χ3n) is 9.03. The molecule has 3 N–H and O–H groups in total. The van der Waals surface area contributed by atoms with E-state index in [-0.39, 0.29) is 17.6 Å². The van der Waals surface area contributed by atoms with Crippen molar-refractivity contribution >= 4 is 33.8 Å². The van der Waals surface area contributed by atoms with Crippen molar-refractivity contribution in [2.45, 2.75) is 56.8 Å². The molecule has 0 bridgehead atoms. The Morgan fingerprint density at radius 3 is 2.97 bits per heavy atom. The van der Waals surface area contributed by atoms with Gasteiger partial charge in [-0.25, -0.2) is 4.98 Å². The minimum atomic E-state index is -0.214. The second-order valence-corrected chi connectivity index (χ2v) is 10.8. The summed E-state index contributed by atoms with van der Waals surface area (Å²) in [4.78, 5) is 26.8. The Morgan fingerprint density at radius 2 is 2.11 bits per heavy atom. The van der Waals surface area contributed by atoms with Crippen molar-refractivity contribution in [2.24, 2.45) is 5.41 Å². The average molecular weight is 472 g/mol. The van der Waals surface area contributed by atoms with Crippen molar-refractivity contribution < 1.29 is 9.84 Å². The van der Waals surface area contributed by atoms with Gasteiger partial charge in [0.2, 0.25) is 5.95 Å². The highest BCUT2D eigenvalue weighted by Crippen LogP contribution is 2.65. The number of piperidine rings is 1. The molecular weight excluding hydrogens is 442 g/mol. The summed E-state index contributed by atoms with van der Waals surface area (Å²) in [7, 11) is 0. The van der Waals surface area contributed by atoms with Crippen molar-refractivity contribution in [3.05, 3.63) is 30.5 Å². The Hall–Kier alpha value is -3.17. The van der Waals surface area contributed by atoms with Crippen molar-refractivity contribution in [2.75, 3.05) is 29.6 Å². The summed E-state index contributed by atoms with van der Waals surface area (Å²) in [5.74, 6) is 2.45. The van der Waals surface area contributed by atoms with E-state index >= 15 is 0 Å². The van der Waals surface area contributed by atoms with Gasteiger partial charge < -0.3 is 29.6 Å². The molecular formula is C26H29N7O2. The van der Waals surface area contributed by atoms with Crippen molar-refractivity contribution in [1.29, 1.82) is 0 Å². The molecule has 2 saturated carbocycles. The number of aromatic nitrogens is 5. The Bertz CT molecular complexity index is 1460. The number of anilines is 2. The van der Waals surface area contributed by atoms with E-state index in [1.807, 2.05) is 12.3 Å². The fraction of sp³-hybridized carbons (Fsp3) is 0.500. The Labute approximate surface area is 202 Å². The van der Waals surface area contributed by atoms with Crippen LogP contribution in [0, 0.1) is 5.41 Å². The SMILES string of the molecule is CC1COCCN1c1nc(N2C3CCC34CC(O)CC24)nc2nc(-c3cccc4[nH]ccc34)[nH]c12. The second kappa shape index (κ2) is 6.95. The van der Waals surface area contributed by atoms with Gasteiger partial charge in [-0.1, -0.05) is 12.1 Å². The van der Waals surface area contributed by atoms with Crippen LogP contribution >= 0.6 is 0 Å². The summed E-state index contributed by atoms with van der Waals surface area (Å²) in [5.41, 5.74) is 3.97. The normalized spacial score (nSPS) is 31.9. The molecule has 35 heavy (non-hydrogen) atoms. The summed E-state index contributed by atoms with van der Waals surface area (Å²) in [5, 5.41) is 11.6. The largest absolute Gasteiger partial charge is 0.393 e. The number of imidazole rings is 1. The number of benzene rings is 1. The van der Waals surface area contributed by atoms with E-state index in [4.69, 9.17) is 19.7 Å². The van der Waals surface area contributed by atoms with Gasteiger partial charge in [0.05, 0.1) is 25.4 Å². The molecule has 0 radical (unpaired) electrons. The second-order valence-electron chi connectivity index (χ2n) is 10.8. The number of rotatable bonds is 3. The van der Waals surface area contributed by atoms with E-state index in [1.165, 1.54) is 6.42 Å². The maximum Gasteiger partial charge on any atom is 0.230 e. The molecule has 9 nitrogen and oxygen atoms in total. The lowest BCUT2D eigenvalue weighted by molar-refractivity contribution is -0.0218. The van der Waals surface area contributed by atoms with Gasteiger partial charge in [0.25, 0.3) is 0 Å². The molecule has 5 heterocycles. The molecule has 4 aliphatic rings. The van der Waals surface area contributed by atoms with Crippen molar-refractivity contribution in [3.8, 4) is 11.4 Å². The van der Waals surface area contributed by atoms with Gasteiger partial charge >= 0.3 is 0 Å². The van der Waals surface area contributed by atoms with E-state index in [0.717, 1.165) is 65.4 Å². The number of hydrogen-bond donors (Lipinski definition) is 3. The lowest BCUT2D eigenvalue weighted by Crippen LogP contribution is -2.75. The molecule has 3 aromatic heterocycles. The Kier molecular flexibility index (Phi) is 3.98. The minimum absolute atomic E-state index is 0.210. The number of aliphatic hydroxyl groups excluding tert-OH is 1. The molecule has 8 rings (SSSR count). The quantitative estimate of drug-likeness (QED) is 0.421. The zero-order valence-electron chi connectivity index (χ0n) is 19.7. The van der Waals surface area contributed by atoms with Gasteiger partial charge in [0, 0.05) is 46.7 Å². The monoisotopic (exact) mass is 471 g/mol. The molecule has 2 aliphatic carbocycles. The first kappa shape index (κ1) is 20.1.